The molecule has 0 saturated carbocycles. The number of aromatic nitrogens is 3. The molecule has 4 heteroatoms. The zero-order valence-corrected chi connectivity index (χ0v) is 33.1. The lowest BCUT2D eigenvalue weighted by Gasteiger charge is -2.12. The van der Waals surface area contributed by atoms with Gasteiger partial charge in [-0.05, 0) is 68.3 Å². The van der Waals surface area contributed by atoms with Gasteiger partial charge < -0.3 is 4.42 Å². The lowest BCUT2D eigenvalue weighted by Crippen LogP contribution is -2.01. The van der Waals surface area contributed by atoms with Gasteiger partial charge in [0.25, 0.3) is 0 Å². The fourth-order valence-electron chi connectivity index (χ4n) is 8.27. The van der Waals surface area contributed by atoms with Crippen molar-refractivity contribution in [1.29, 1.82) is 0 Å². The van der Waals surface area contributed by atoms with Crippen molar-refractivity contribution in [1.82, 2.24) is 15.0 Å². The van der Waals surface area contributed by atoms with Gasteiger partial charge in [-0.3, -0.25) is 0 Å². The summed E-state index contributed by atoms with van der Waals surface area (Å²) >= 11 is 0. The van der Waals surface area contributed by atoms with Crippen LogP contribution < -0.4 is 0 Å². The zero-order chi connectivity index (χ0) is 40.5. The highest BCUT2D eigenvalue weighted by molar-refractivity contribution is 6.16. The second-order valence-corrected chi connectivity index (χ2v) is 15.2. The Morgan fingerprint density at radius 2 is 0.689 bits per heavy atom. The Hall–Kier alpha value is -8.21. The molecule has 0 N–H and O–H groups in total. The van der Waals surface area contributed by atoms with Crippen molar-refractivity contribution >= 4 is 21.9 Å². The van der Waals surface area contributed by atoms with Crippen molar-refractivity contribution in [2.24, 2.45) is 0 Å². The highest BCUT2D eigenvalue weighted by Crippen LogP contribution is 2.43. The maximum absolute atomic E-state index is 6.96. The molecule has 0 radical (unpaired) electrons. The predicted molar refractivity (Wildman–Crippen MR) is 251 cm³/mol. The summed E-state index contributed by atoms with van der Waals surface area (Å²) in [5, 5.41) is 1.95. The third kappa shape index (κ3) is 6.96. The third-order valence-corrected chi connectivity index (χ3v) is 11.4. The first-order valence-corrected chi connectivity index (χ1v) is 20.5. The first kappa shape index (κ1) is 35.9. The molecule has 0 fully saturated rings. The Morgan fingerprint density at radius 1 is 0.262 bits per heavy atom. The van der Waals surface area contributed by atoms with Crippen LogP contribution in [0, 0.1) is 0 Å². The molecular weight excluding hydrogens is 743 g/mol. The van der Waals surface area contributed by atoms with E-state index < -0.39 is 0 Å². The Balaban J connectivity index is 1.12. The molecule has 11 aromatic rings. The number of para-hydroxylation sites is 1. The number of nitrogens with zero attached hydrogens (tertiary/aromatic N) is 3. The summed E-state index contributed by atoms with van der Waals surface area (Å²) in [5.41, 5.74) is 15.3. The number of fused-ring (bicyclic) bond motifs is 3. The average molecular weight is 780 g/mol. The van der Waals surface area contributed by atoms with Crippen LogP contribution in [0.4, 0.5) is 0 Å². The van der Waals surface area contributed by atoms with Gasteiger partial charge in [-0.15, -0.1) is 0 Å². The molecule has 0 atom stereocenters. The van der Waals surface area contributed by atoms with Crippen molar-refractivity contribution in [2.75, 3.05) is 0 Å². The first-order valence-electron chi connectivity index (χ1n) is 20.5. The molecule has 0 aliphatic carbocycles. The Kier molecular flexibility index (Phi) is 9.14. The quantitative estimate of drug-likeness (QED) is 0.154. The minimum Gasteiger partial charge on any atom is -0.455 e. The Morgan fingerprint density at radius 3 is 1.28 bits per heavy atom. The van der Waals surface area contributed by atoms with E-state index in [-0.39, 0.29) is 0 Å². The van der Waals surface area contributed by atoms with Gasteiger partial charge in [-0.1, -0.05) is 206 Å². The van der Waals surface area contributed by atoms with E-state index in [9.17, 15) is 0 Å². The molecule has 11 rings (SSSR count). The highest BCUT2D eigenvalue weighted by Gasteiger charge is 2.22. The smallest absolute Gasteiger partial charge is 0.164 e. The summed E-state index contributed by atoms with van der Waals surface area (Å²) in [4.78, 5) is 15.8. The van der Waals surface area contributed by atoms with Crippen LogP contribution in [0.5, 0.6) is 0 Å². The Bertz CT molecular complexity index is 3310. The summed E-state index contributed by atoms with van der Waals surface area (Å²) in [7, 11) is 0. The molecule has 4 nitrogen and oxygen atoms in total. The molecule has 0 aliphatic rings. The molecule has 286 valence electrons. The highest BCUT2D eigenvalue weighted by atomic mass is 16.3. The van der Waals surface area contributed by atoms with Crippen LogP contribution in [0.3, 0.4) is 0 Å². The molecule has 2 aromatic heterocycles. The van der Waals surface area contributed by atoms with Crippen LogP contribution in [0.1, 0.15) is 0 Å². The number of hydrogen-bond acceptors (Lipinski definition) is 4. The van der Waals surface area contributed by atoms with Gasteiger partial charge in [0.1, 0.15) is 11.2 Å². The number of hydrogen-bond donors (Lipinski definition) is 0. The van der Waals surface area contributed by atoms with E-state index in [0.29, 0.717) is 17.5 Å². The molecule has 0 spiro atoms. The van der Waals surface area contributed by atoms with Gasteiger partial charge in [0.2, 0.25) is 0 Å². The van der Waals surface area contributed by atoms with Gasteiger partial charge in [-0.25, -0.2) is 15.0 Å². The number of furan rings is 1. The maximum atomic E-state index is 6.96. The third-order valence-electron chi connectivity index (χ3n) is 11.4. The maximum Gasteiger partial charge on any atom is 0.164 e. The predicted octanol–water partition coefficient (Wildman–Crippen LogP) is 15.1. The summed E-state index contributed by atoms with van der Waals surface area (Å²) < 4.78 is 6.96. The van der Waals surface area contributed by atoms with E-state index in [1.807, 2.05) is 24.3 Å². The molecule has 9 aromatic carbocycles. The zero-order valence-electron chi connectivity index (χ0n) is 33.1. The lowest BCUT2D eigenvalue weighted by atomic mass is 9.96. The summed E-state index contributed by atoms with van der Waals surface area (Å²) in [6.45, 7) is 0. The van der Waals surface area contributed by atoms with Crippen LogP contribution in [0.25, 0.3) is 112 Å². The van der Waals surface area contributed by atoms with E-state index in [1.165, 1.54) is 11.1 Å². The molecule has 0 amide bonds. The minimum atomic E-state index is 0.570. The van der Waals surface area contributed by atoms with Gasteiger partial charge in [0.05, 0.1) is 0 Å². The summed E-state index contributed by atoms with van der Waals surface area (Å²) in [6, 6.07) is 78.1. The van der Waals surface area contributed by atoms with E-state index in [0.717, 1.165) is 83.1 Å². The largest absolute Gasteiger partial charge is 0.455 e. The van der Waals surface area contributed by atoms with Gasteiger partial charge in [0, 0.05) is 33.0 Å². The molecule has 0 bridgehead atoms. The van der Waals surface area contributed by atoms with Crippen LogP contribution in [-0.2, 0) is 0 Å². The van der Waals surface area contributed by atoms with Crippen molar-refractivity contribution in [3.05, 3.63) is 224 Å². The second kappa shape index (κ2) is 15.5. The molecule has 0 saturated heterocycles. The molecule has 0 aliphatic heterocycles. The summed E-state index contributed by atoms with van der Waals surface area (Å²) in [6.07, 6.45) is 0. The molecule has 0 unspecified atom stereocenters. The van der Waals surface area contributed by atoms with Crippen molar-refractivity contribution < 1.29 is 4.42 Å². The summed E-state index contributed by atoms with van der Waals surface area (Å²) in [5.74, 6) is 1.76. The number of rotatable bonds is 8. The Labute approximate surface area is 354 Å². The van der Waals surface area contributed by atoms with E-state index in [1.54, 1.807) is 0 Å². The first-order chi connectivity index (χ1) is 30.2. The van der Waals surface area contributed by atoms with E-state index >= 15 is 0 Å². The monoisotopic (exact) mass is 779 g/mol. The average Bonchev–Trinajstić information content (AvgIpc) is 3.74. The molecule has 61 heavy (non-hydrogen) atoms. The molecule has 2 heterocycles. The van der Waals surface area contributed by atoms with Crippen molar-refractivity contribution in [3.63, 3.8) is 0 Å². The fraction of sp³-hybridized carbons (Fsp3) is 0. The molecular formula is C57H37N3O. The number of benzene rings is 9. The minimum absolute atomic E-state index is 0.570. The van der Waals surface area contributed by atoms with Gasteiger partial charge >= 0.3 is 0 Å². The normalized spacial score (nSPS) is 11.3. The van der Waals surface area contributed by atoms with Crippen LogP contribution in [0.15, 0.2) is 229 Å². The topological polar surface area (TPSA) is 51.8 Å². The fourth-order valence-corrected chi connectivity index (χ4v) is 8.27. The van der Waals surface area contributed by atoms with Gasteiger partial charge in [0.15, 0.2) is 17.5 Å². The van der Waals surface area contributed by atoms with Crippen LogP contribution in [-0.4, -0.2) is 15.0 Å². The van der Waals surface area contributed by atoms with Crippen LogP contribution in [0.2, 0.25) is 0 Å². The van der Waals surface area contributed by atoms with E-state index in [2.05, 4.69) is 200 Å². The van der Waals surface area contributed by atoms with Gasteiger partial charge in [-0.2, -0.15) is 0 Å². The lowest BCUT2D eigenvalue weighted by molar-refractivity contribution is 0.670. The van der Waals surface area contributed by atoms with Crippen molar-refractivity contribution in [3.8, 4) is 89.8 Å². The SMILES string of the molecule is c1ccc(-c2ccc(-c3nc(-c4cccc(-c5ccccc5)c4)nc(-c4cc(-c5ccccc5)cc5oc6c(-c7ccc(-c8ccccc8)cc7)cccc6c45)n3)cc2)cc1. The second-order valence-electron chi connectivity index (χ2n) is 15.2. The standard InChI is InChI=1S/C57H37N3O/c1-5-15-38(16-6-1)42-27-31-44(32-28-42)49-25-14-26-50-53-51(36-48(37-52(53)61-54(49)50)41-21-11-4-12-22-41)57-59-55(45-33-29-43(30-34-45)39-17-7-2-8-18-39)58-56(60-57)47-24-13-23-46(35-47)40-19-9-3-10-20-40/h1-37H. The van der Waals surface area contributed by atoms with Crippen molar-refractivity contribution in [2.45, 2.75) is 0 Å². The van der Waals surface area contributed by atoms with Crippen LogP contribution >= 0.6 is 0 Å². The van der Waals surface area contributed by atoms with E-state index in [4.69, 9.17) is 19.4 Å².